The molecule has 1 N–H and O–H groups in total. The molecule has 2 aliphatic heterocycles. The van der Waals surface area contributed by atoms with Crippen molar-refractivity contribution in [3.8, 4) is 5.75 Å². The molecule has 19 heavy (non-hydrogen) atoms. The normalized spacial score (nSPS) is 24.6. The smallest absolute Gasteiger partial charge is 0.121 e. The van der Waals surface area contributed by atoms with E-state index in [1.807, 2.05) is 13.8 Å². The Hall–Kier alpha value is -1.06. The Balaban J connectivity index is 1.68. The van der Waals surface area contributed by atoms with Crippen LogP contribution in [0.5, 0.6) is 5.75 Å². The second kappa shape index (κ2) is 5.14. The standard InChI is InChI=1S/C16H24N2O/c1-12-8-14(9-13(2)16(12)19)10-17-6-7-18-5-3-4-15(18)11-17/h8-9,15,19H,3-7,10-11H2,1-2H3. The Bertz CT molecular complexity index is 449. The van der Waals surface area contributed by atoms with E-state index in [-0.39, 0.29) is 0 Å². The maximum absolute atomic E-state index is 9.84. The lowest BCUT2D eigenvalue weighted by molar-refractivity contribution is 0.0993. The number of hydrogen-bond donors (Lipinski definition) is 1. The molecular weight excluding hydrogens is 236 g/mol. The quantitative estimate of drug-likeness (QED) is 0.884. The zero-order valence-corrected chi connectivity index (χ0v) is 12.0. The van der Waals surface area contributed by atoms with Crippen molar-refractivity contribution in [2.24, 2.45) is 0 Å². The summed E-state index contributed by atoms with van der Waals surface area (Å²) in [7, 11) is 0. The van der Waals surface area contributed by atoms with E-state index >= 15 is 0 Å². The Morgan fingerprint density at radius 2 is 1.89 bits per heavy atom. The number of phenols is 1. The molecule has 3 heteroatoms. The van der Waals surface area contributed by atoms with Crippen LogP contribution in [0.1, 0.15) is 29.5 Å². The number of fused-ring (bicyclic) bond motifs is 1. The molecule has 3 rings (SSSR count). The summed E-state index contributed by atoms with van der Waals surface area (Å²) in [5.74, 6) is 0.448. The van der Waals surface area contributed by atoms with Gasteiger partial charge >= 0.3 is 0 Å². The van der Waals surface area contributed by atoms with Crippen LogP contribution in [0, 0.1) is 13.8 Å². The molecule has 2 fully saturated rings. The van der Waals surface area contributed by atoms with Gasteiger partial charge in [0, 0.05) is 32.2 Å². The van der Waals surface area contributed by atoms with Crippen molar-refractivity contribution in [3.05, 3.63) is 28.8 Å². The Kier molecular flexibility index (Phi) is 3.50. The molecule has 1 aromatic carbocycles. The van der Waals surface area contributed by atoms with Crippen molar-refractivity contribution in [3.63, 3.8) is 0 Å². The fourth-order valence-electron chi connectivity index (χ4n) is 3.59. The van der Waals surface area contributed by atoms with Crippen LogP contribution in [0.25, 0.3) is 0 Å². The van der Waals surface area contributed by atoms with Gasteiger partial charge in [0.15, 0.2) is 0 Å². The molecule has 0 radical (unpaired) electrons. The molecule has 104 valence electrons. The largest absolute Gasteiger partial charge is 0.507 e. The SMILES string of the molecule is Cc1cc(CN2CCN3CCCC3C2)cc(C)c1O. The highest BCUT2D eigenvalue weighted by atomic mass is 16.3. The highest BCUT2D eigenvalue weighted by Crippen LogP contribution is 2.26. The fourth-order valence-corrected chi connectivity index (χ4v) is 3.59. The Labute approximate surface area is 115 Å². The summed E-state index contributed by atoms with van der Waals surface area (Å²) in [6, 6.07) is 5.04. The number of rotatable bonds is 2. The van der Waals surface area contributed by atoms with Gasteiger partial charge in [-0.3, -0.25) is 9.80 Å². The minimum Gasteiger partial charge on any atom is -0.507 e. The zero-order valence-electron chi connectivity index (χ0n) is 12.0. The average Bonchev–Trinajstić information content (AvgIpc) is 2.83. The number of hydrogen-bond acceptors (Lipinski definition) is 3. The van der Waals surface area contributed by atoms with E-state index in [9.17, 15) is 5.11 Å². The monoisotopic (exact) mass is 260 g/mol. The van der Waals surface area contributed by atoms with E-state index in [1.165, 1.54) is 44.6 Å². The van der Waals surface area contributed by atoms with Crippen molar-refractivity contribution in [2.45, 2.75) is 39.3 Å². The van der Waals surface area contributed by atoms with Crippen molar-refractivity contribution < 1.29 is 5.11 Å². The molecule has 0 aromatic heterocycles. The Morgan fingerprint density at radius 3 is 2.63 bits per heavy atom. The summed E-state index contributed by atoms with van der Waals surface area (Å²) in [6.07, 6.45) is 2.74. The first-order chi connectivity index (χ1) is 9.13. The van der Waals surface area contributed by atoms with Crippen LogP contribution in [-0.2, 0) is 6.54 Å². The summed E-state index contributed by atoms with van der Waals surface area (Å²) in [5, 5.41) is 9.84. The lowest BCUT2D eigenvalue weighted by Crippen LogP contribution is -2.49. The highest BCUT2D eigenvalue weighted by Gasteiger charge is 2.30. The minimum absolute atomic E-state index is 0.448. The molecule has 2 saturated heterocycles. The number of aromatic hydroxyl groups is 1. The lowest BCUT2D eigenvalue weighted by Gasteiger charge is -2.37. The van der Waals surface area contributed by atoms with Crippen LogP contribution in [0.2, 0.25) is 0 Å². The molecular formula is C16H24N2O. The predicted molar refractivity (Wildman–Crippen MR) is 77.5 cm³/mol. The molecule has 0 saturated carbocycles. The number of benzene rings is 1. The minimum atomic E-state index is 0.448. The second-order valence-corrected chi connectivity index (χ2v) is 6.15. The molecule has 0 amide bonds. The summed E-state index contributed by atoms with van der Waals surface area (Å²) in [4.78, 5) is 5.21. The predicted octanol–water partition coefficient (Wildman–Crippen LogP) is 2.29. The maximum atomic E-state index is 9.84. The van der Waals surface area contributed by atoms with Crippen LogP contribution in [0.15, 0.2) is 12.1 Å². The van der Waals surface area contributed by atoms with Gasteiger partial charge in [0.2, 0.25) is 0 Å². The first kappa shape index (κ1) is 12.9. The van der Waals surface area contributed by atoms with Gasteiger partial charge in [0.1, 0.15) is 5.75 Å². The molecule has 1 atom stereocenters. The molecule has 1 unspecified atom stereocenters. The summed E-state index contributed by atoms with van der Waals surface area (Å²) < 4.78 is 0. The van der Waals surface area contributed by atoms with Gasteiger partial charge in [-0.1, -0.05) is 12.1 Å². The van der Waals surface area contributed by atoms with Gasteiger partial charge in [-0.2, -0.15) is 0 Å². The van der Waals surface area contributed by atoms with Gasteiger partial charge in [-0.25, -0.2) is 0 Å². The zero-order chi connectivity index (χ0) is 13.4. The van der Waals surface area contributed by atoms with Crippen molar-refractivity contribution in [2.75, 3.05) is 26.2 Å². The molecule has 1 aromatic rings. The summed E-state index contributed by atoms with van der Waals surface area (Å²) in [5.41, 5.74) is 3.32. The maximum Gasteiger partial charge on any atom is 0.121 e. The van der Waals surface area contributed by atoms with Crippen molar-refractivity contribution in [1.29, 1.82) is 0 Å². The van der Waals surface area contributed by atoms with E-state index < -0.39 is 0 Å². The molecule has 2 aliphatic rings. The van der Waals surface area contributed by atoms with E-state index in [0.29, 0.717) is 5.75 Å². The van der Waals surface area contributed by atoms with E-state index in [2.05, 4.69) is 21.9 Å². The second-order valence-electron chi connectivity index (χ2n) is 6.15. The van der Waals surface area contributed by atoms with Crippen LogP contribution in [0.4, 0.5) is 0 Å². The molecule has 3 nitrogen and oxygen atoms in total. The van der Waals surface area contributed by atoms with E-state index in [4.69, 9.17) is 0 Å². The molecule has 0 spiro atoms. The average molecular weight is 260 g/mol. The van der Waals surface area contributed by atoms with Crippen LogP contribution >= 0.6 is 0 Å². The van der Waals surface area contributed by atoms with Crippen LogP contribution in [0.3, 0.4) is 0 Å². The highest BCUT2D eigenvalue weighted by molar-refractivity contribution is 5.42. The molecule has 0 bridgehead atoms. The van der Waals surface area contributed by atoms with Crippen molar-refractivity contribution >= 4 is 0 Å². The van der Waals surface area contributed by atoms with E-state index in [1.54, 1.807) is 0 Å². The number of aryl methyl sites for hydroxylation is 2. The van der Waals surface area contributed by atoms with Gasteiger partial charge < -0.3 is 5.11 Å². The third kappa shape index (κ3) is 2.63. The number of nitrogens with zero attached hydrogens (tertiary/aromatic N) is 2. The molecule has 0 aliphatic carbocycles. The Morgan fingerprint density at radius 1 is 1.16 bits per heavy atom. The molecule has 2 heterocycles. The van der Waals surface area contributed by atoms with Gasteiger partial charge in [0.25, 0.3) is 0 Å². The van der Waals surface area contributed by atoms with Crippen molar-refractivity contribution in [1.82, 2.24) is 9.80 Å². The summed E-state index contributed by atoms with van der Waals surface area (Å²) >= 11 is 0. The van der Waals surface area contributed by atoms with Gasteiger partial charge in [-0.15, -0.1) is 0 Å². The first-order valence-corrected chi connectivity index (χ1v) is 7.39. The van der Waals surface area contributed by atoms with Crippen LogP contribution < -0.4 is 0 Å². The van der Waals surface area contributed by atoms with Gasteiger partial charge in [0.05, 0.1) is 0 Å². The topological polar surface area (TPSA) is 26.7 Å². The lowest BCUT2D eigenvalue weighted by atomic mass is 10.0. The first-order valence-electron chi connectivity index (χ1n) is 7.39. The number of piperazine rings is 1. The number of phenolic OH excluding ortho intramolecular Hbond substituents is 1. The fraction of sp³-hybridized carbons (Fsp3) is 0.625. The summed E-state index contributed by atoms with van der Waals surface area (Å²) in [6.45, 7) is 9.90. The third-order valence-corrected chi connectivity index (χ3v) is 4.63. The third-order valence-electron chi connectivity index (χ3n) is 4.63. The van der Waals surface area contributed by atoms with E-state index in [0.717, 1.165) is 23.7 Å². The van der Waals surface area contributed by atoms with Gasteiger partial charge in [-0.05, 0) is 49.9 Å². The van der Waals surface area contributed by atoms with Crippen LogP contribution in [-0.4, -0.2) is 47.1 Å².